The molecule has 0 spiro atoms. The molecule has 12 heteroatoms. The second-order valence-electron chi connectivity index (χ2n) is 3.90. The highest BCUT2D eigenvalue weighted by Gasteiger charge is 2.21. The Balaban J connectivity index is 3.41. The fourth-order valence-corrected chi connectivity index (χ4v) is 2.63. The van der Waals surface area contributed by atoms with E-state index in [9.17, 15) is 18.0 Å². The van der Waals surface area contributed by atoms with Crippen molar-refractivity contribution < 1.29 is 13.0 Å². The van der Waals surface area contributed by atoms with Crippen LogP contribution < -0.4 is 21.6 Å². The van der Waals surface area contributed by atoms with Gasteiger partial charge in [0, 0.05) is 5.39 Å². The summed E-state index contributed by atoms with van der Waals surface area (Å²) in [4.78, 5) is 23.2. The van der Waals surface area contributed by atoms with Crippen LogP contribution in [0.25, 0.3) is 15.9 Å². The van der Waals surface area contributed by atoms with Crippen molar-refractivity contribution in [3.05, 3.63) is 54.4 Å². The van der Waals surface area contributed by atoms with E-state index >= 15 is 0 Å². The predicted octanol–water partition coefficient (Wildman–Crippen LogP) is -0.802. The van der Waals surface area contributed by atoms with Gasteiger partial charge in [-0.3, -0.25) is 14.1 Å². The molecular formula is C10H5N6O5S+. The molecule has 0 aromatic heterocycles. The van der Waals surface area contributed by atoms with Crippen LogP contribution in [0.5, 0.6) is 0 Å². The van der Waals surface area contributed by atoms with Crippen molar-refractivity contribution in [3.63, 3.8) is 0 Å². The lowest BCUT2D eigenvalue weighted by Gasteiger charge is -2.01. The van der Waals surface area contributed by atoms with Crippen molar-refractivity contribution in [3.8, 4) is 0 Å². The lowest BCUT2D eigenvalue weighted by molar-refractivity contribution is 0.484. The molecule has 0 saturated heterocycles. The van der Waals surface area contributed by atoms with Crippen molar-refractivity contribution >= 4 is 20.9 Å². The minimum Gasteiger partial charge on any atom is -0.285 e. The third-order valence-corrected chi connectivity index (χ3v) is 3.62. The first-order valence-electron chi connectivity index (χ1n) is 5.39. The molecule has 0 atom stereocenters. The van der Waals surface area contributed by atoms with E-state index in [2.05, 4.69) is 20.5 Å². The minimum absolute atomic E-state index is 0.208. The molecule has 0 amide bonds. The van der Waals surface area contributed by atoms with E-state index in [4.69, 9.17) is 15.5 Å². The van der Waals surface area contributed by atoms with Gasteiger partial charge < -0.3 is 0 Å². The van der Waals surface area contributed by atoms with E-state index in [1.54, 1.807) is 0 Å². The molecule has 0 radical (unpaired) electrons. The molecule has 0 fully saturated rings. The molecule has 2 aromatic rings. The van der Waals surface area contributed by atoms with Gasteiger partial charge in [-0.1, -0.05) is 17.4 Å². The van der Waals surface area contributed by atoms with Gasteiger partial charge in [0.05, 0.1) is 5.39 Å². The number of hydrogen-bond acceptors (Lipinski definition) is 8. The Bertz CT molecular complexity index is 1170. The van der Waals surface area contributed by atoms with Gasteiger partial charge >= 0.3 is 5.08 Å². The van der Waals surface area contributed by atoms with Gasteiger partial charge in [0.2, 0.25) is 5.43 Å². The molecule has 2 aromatic carbocycles. The molecule has 0 heterocycles. The Morgan fingerprint density at radius 3 is 2.41 bits per heavy atom. The largest absolute Gasteiger partial charge is 0.339 e. The summed E-state index contributed by atoms with van der Waals surface area (Å²) < 4.78 is 31.8. The number of rotatable bonds is 2. The first kappa shape index (κ1) is 15.2. The smallest absolute Gasteiger partial charge is 0.285 e. The summed E-state index contributed by atoms with van der Waals surface area (Å²) in [6, 6.07) is 3.30. The fraction of sp³-hybridized carbons (Fsp3) is 0. The van der Waals surface area contributed by atoms with E-state index in [-0.39, 0.29) is 5.39 Å². The normalized spacial score (nSPS) is 13.3. The lowest BCUT2D eigenvalue weighted by Crippen LogP contribution is -2.48. The fourth-order valence-electron chi connectivity index (χ4n) is 1.92. The molecule has 22 heavy (non-hydrogen) atoms. The van der Waals surface area contributed by atoms with Gasteiger partial charge in [0.15, 0.2) is 15.8 Å². The molecule has 0 aliphatic heterocycles. The summed E-state index contributed by atoms with van der Waals surface area (Å²) in [7, 11) is -4.79. The number of diazo groups is 1. The Morgan fingerprint density at radius 1 is 1.18 bits per heavy atom. The third kappa shape index (κ3) is 2.30. The van der Waals surface area contributed by atoms with Crippen LogP contribution in [0, 0.1) is 10.9 Å². The molecule has 110 valence electrons. The zero-order valence-corrected chi connectivity index (χ0v) is 11.3. The van der Waals surface area contributed by atoms with Crippen molar-refractivity contribution in [2.24, 2.45) is 15.4 Å². The van der Waals surface area contributed by atoms with E-state index in [0.29, 0.717) is 0 Å². The molecule has 11 nitrogen and oxygen atoms in total. The summed E-state index contributed by atoms with van der Waals surface area (Å²) in [6.07, 6.45) is 0. The monoisotopic (exact) mass is 321 g/mol. The second kappa shape index (κ2) is 5.31. The average molecular weight is 321 g/mol. The second-order valence-corrected chi connectivity index (χ2v) is 5.29. The Hall–Kier alpha value is -3.17. The molecule has 0 saturated carbocycles. The van der Waals surface area contributed by atoms with Gasteiger partial charge in [-0.25, -0.2) is 0 Å². The first-order valence-corrected chi connectivity index (χ1v) is 6.83. The van der Waals surface area contributed by atoms with E-state index < -0.39 is 42.0 Å². The minimum atomic E-state index is -4.79. The zero-order chi connectivity index (χ0) is 16.5. The van der Waals surface area contributed by atoms with Crippen LogP contribution in [-0.2, 0) is 10.1 Å². The van der Waals surface area contributed by atoms with Crippen LogP contribution in [0.1, 0.15) is 0 Å². The quantitative estimate of drug-likeness (QED) is 0.240. The van der Waals surface area contributed by atoms with Gasteiger partial charge in [-0.15, -0.1) is 5.10 Å². The standard InChI is InChI=1S/C10H4N6O5S/c11-15-13-7-4-2-1-3-5(22(19,20)21)6(4)9(17)10(18)8(7)14-16-12/h1-3,12H/p+1. The maximum absolute atomic E-state index is 12.1. The van der Waals surface area contributed by atoms with Gasteiger partial charge in [-0.2, -0.15) is 13.9 Å². The van der Waals surface area contributed by atoms with E-state index in [1.165, 1.54) is 12.1 Å². The number of nitrogens with one attached hydrogen (secondary N) is 1. The average Bonchev–Trinajstić information content (AvgIpc) is 2.46. The lowest BCUT2D eigenvalue weighted by atomic mass is 10.1. The van der Waals surface area contributed by atoms with Crippen LogP contribution in [0.15, 0.2) is 48.1 Å². The van der Waals surface area contributed by atoms with Gasteiger partial charge in [-0.05, 0) is 6.07 Å². The summed E-state index contributed by atoms with van der Waals surface area (Å²) in [6.45, 7) is 0. The molecule has 2 rings (SSSR count). The highest BCUT2D eigenvalue weighted by molar-refractivity contribution is 7.86. The van der Waals surface area contributed by atoms with Crippen LogP contribution in [0.3, 0.4) is 0 Å². The Kier molecular flexibility index (Phi) is 3.68. The molecule has 2 N–H and O–H groups in total. The Morgan fingerprint density at radius 2 is 1.86 bits per heavy atom. The maximum Gasteiger partial charge on any atom is 0.339 e. The highest BCUT2D eigenvalue weighted by Crippen LogP contribution is 2.16. The van der Waals surface area contributed by atoms with E-state index in [0.717, 1.165) is 6.07 Å². The van der Waals surface area contributed by atoms with Crippen molar-refractivity contribution in [1.29, 1.82) is 10.9 Å². The zero-order valence-electron chi connectivity index (χ0n) is 10.5. The number of benzene rings is 2. The SMILES string of the molecule is N#[N+]N=c1c(=NN=N)c(=O)c(=O)c2c(S(=O)(=O)O)cccc12. The first-order chi connectivity index (χ1) is 10.3. The number of nitrogens with zero attached hydrogens (tertiary/aromatic N) is 5. The summed E-state index contributed by atoms with van der Waals surface area (Å²) >= 11 is 0. The summed E-state index contributed by atoms with van der Waals surface area (Å²) in [5.41, 5.74) is 4.05. The number of hydrogen-bond donors (Lipinski definition) is 2. The molecule has 0 aliphatic carbocycles. The van der Waals surface area contributed by atoms with Crippen LogP contribution >= 0.6 is 0 Å². The Labute approximate surface area is 120 Å². The van der Waals surface area contributed by atoms with Crippen LogP contribution in [0.4, 0.5) is 0 Å². The van der Waals surface area contributed by atoms with E-state index in [1.807, 2.05) is 0 Å². The van der Waals surface area contributed by atoms with Crippen molar-refractivity contribution in [1.82, 2.24) is 0 Å². The summed E-state index contributed by atoms with van der Waals surface area (Å²) in [5.74, 6) is 0. The highest BCUT2D eigenvalue weighted by atomic mass is 32.2. The molecule has 0 aliphatic rings. The van der Waals surface area contributed by atoms with Crippen molar-refractivity contribution in [2.45, 2.75) is 4.90 Å². The topological polar surface area (TPSA) is 178 Å². The van der Waals surface area contributed by atoms with Gasteiger partial charge in [0.25, 0.3) is 20.9 Å². The molecule has 0 bridgehead atoms. The summed E-state index contributed by atoms with van der Waals surface area (Å²) in [5, 5.41) is 18.0. The molecule has 0 unspecified atom stereocenters. The molecular weight excluding hydrogens is 316 g/mol. The van der Waals surface area contributed by atoms with Crippen LogP contribution in [0.2, 0.25) is 0 Å². The maximum atomic E-state index is 12.1. The van der Waals surface area contributed by atoms with Crippen LogP contribution in [-0.4, -0.2) is 13.0 Å². The van der Waals surface area contributed by atoms with Gasteiger partial charge in [0.1, 0.15) is 4.90 Å². The predicted molar refractivity (Wildman–Crippen MR) is 70.0 cm³/mol. The third-order valence-electron chi connectivity index (χ3n) is 2.73. The van der Waals surface area contributed by atoms with Crippen molar-refractivity contribution in [2.75, 3.05) is 0 Å². The number of fused-ring (bicyclic) bond motifs is 1.